The fourth-order valence-corrected chi connectivity index (χ4v) is 3.44. The van der Waals surface area contributed by atoms with Gasteiger partial charge in [0.2, 0.25) is 11.8 Å². The van der Waals surface area contributed by atoms with Gasteiger partial charge in [0.1, 0.15) is 0 Å². The van der Waals surface area contributed by atoms with Crippen molar-refractivity contribution >= 4 is 46.4 Å². The third kappa shape index (κ3) is 3.97. The zero-order valence-electron chi connectivity index (χ0n) is 13.8. The van der Waals surface area contributed by atoms with Crippen LogP contribution >= 0.6 is 23.2 Å². The summed E-state index contributed by atoms with van der Waals surface area (Å²) in [6, 6.07) is 12.7. The summed E-state index contributed by atoms with van der Waals surface area (Å²) in [5.74, 6) is -0.0509. The quantitative estimate of drug-likeness (QED) is 0.798. The molecule has 0 spiro atoms. The molecule has 1 aliphatic rings. The number of rotatable bonds is 3. The van der Waals surface area contributed by atoms with Crippen LogP contribution in [0.3, 0.4) is 0 Å². The molecule has 2 amide bonds. The summed E-state index contributed by atoms with van der Waals surface area (Å²) < 4.78 is 0. The third-order valence-electron chi connectivity index (χ3n) is 4.24. The Hall–Kier alpha value is -2.04. The first-order valence-electron chi connectivity index (χ1n) is 8.10. The number of carbonyl (C=O) groups excluding carboxylic acids is 2. The van der Waals surface area contributed by atoms with Crippen molar-refractivity contribution in [1.82, 2.24) is 0 Å². The van der Waals surface area contributed by atoms with Crippen LogP contribution in [-0.4, -0.2) is 11.8 Å². The van der Waals surface area contributed by atoms with Gasteiger partial charge in [-0.3, -0.25) is 9.59 Å². The summed E-state index contributed by atoms with van der Waals surface area (Å²) in [5.41, 5.74) is 2.47. The zero-order valence-corrected chi connectivity index (χ0v) is 15.3. The van der Waals surface area contributed by atoms with E-state index in [9.17, 15) is 9.59 Å². The highest BCUT2D eigenvalue weighted by Crippen LogP contribution is 2.38. The Morgan fingerprint density at radius 2 is 1.84 bits per heavy atom. The van der Waals surface area contributed by atoms with Crippen molar-refractivity contribution in [3.8, 4) is 0 Å². The molecule has 4 nitrogen and oxygen atoms in total. The first kappa shape index (κ1) is 17.8. The van der Waals surface area contributed by atoms with Crippen LogP contribution in [-0.2, 0) is 9.59 Å². The van der Waals surface area contributed by atoms with Gasteiger partial charge < -0.3 is 10.2 Å². The van der Waals surface area contributed by atoms with E-state index in [1.54, 1.807) is 23.1 Å². The van der Waals surface area contributed by atoms with Crippen LogP contribution < -0.4 is 10.2 Å². The van der Waals surface area contributed by atoms with E-state index in [1.807, 2.05) is 24.3 Å². The highest BCUT2D eigenvalue weighted by molar-refractivity contribution is 6.42. The van der Waals surface area contributed by atoms with Crippen molar-refractivity contribution in [1.29, 1.82) is 0 Å². The molecule has 2 aromatic carbocycles. The molecule has 1 heterocycles. The highest BCUT2D eigenvalue weighted by Gasteiger charge is 2.30. The van der Waals surface area contributed by atoms with E-state index in [1.165, 1.54) is 6.92 Å². The van der Waals surface area contributed by atoms with Crippen LogP contribution in [0, 0.1) is 0 Å². The van der Waals surface area contributed by atoms with Gasteiger partial charge in [-0.15, -0.1) is 0 Å². The first-order valence-corrected chi connectivity index (χ1v) is 8.86. The second-order valence-electron chi connectivity index (χ2n) is 6.07. The lowest BCUT2D eigenvalue weighted by atomic mass is 9.94. The maximum atomic E-state index is 12.6. The number of amides is 2. The van der Waals surface area contributed by atoms with E-state index in [2.05, 4.69) is 5.32 Å². The Morgan fingerprint density at radius 1 is 1.12 bits per heavy atom. The molecule has 3 rings (SSSR count). The monoisotopic (exact) mass is 376 g/mol. The molecule has 25 heavy (non-hydrogen) atoms. The Labute approximate surface area is 156 Å². The van der Waals surface area contributed by atoms with Gasteiger partial charge in [-0.2, -0.15) is 0 Å². The van der Waals surface area contributed by atoms with Crippen molar-refractivity contribution in [2.24, 2.45) is 0 Å². The smallest absolute Gasteiger partial charge is 0.227 e. The summed E-state index contributed by atoms with van der Waals surface area (Å²) in [6.45, 7) is 1.46. The summed E-state index contributed by atoms with van der Waals surface area (Å²) in [4.78, 5) is 25.5. The fraction of sp³-hybridized carbons (Fsp3) is 0.263. The van der Waals surface area contributed by atoms with E-state index >= 15 is 0 Å². The average molecular weight is 377 g/mol. The van der Waals surface area contributed by atoms with Crippen molar-refractivity contribution in [3.05, 3.63) is 58.1 Å². The molecule has 0 saturated carbocycles. The molecule has 0 bridgehead atoms. The first-order chi connectivity index (χ1) is 12.0. The molecule has 1 atom stereocenters. The lowest BCUT2D eigenvalue weighted by molar-refractivity contribution is -0.120. The summed E-state index contributed by atoms with van der Waals surface area (Å²) >= 11 is 12.2. The van der Waals surface area contributed by atoms with Gasteiger partial charge in [-0.05, 0) is 54.8 Å². The number of carbonyl (C=O) groups is 2. The SMILES string of the molecule is CC(=O)Nc1ccc(N2C(=O)CCCC2c2ccc(Cl)c(Cl)c2)cc1. The molecule has 1 N–H and O–H groups in total. The number of hydrogen-bond donors (Lipinski definition) is 1. The van der Waals surface area contributed by atoms with Crippen LogP contribution in [0.15, 0.2) is 42.5 Å². The predicted molar refractivity (Wildman–Crippen MR) is 101 cm³/mol. The normalized spacial score (nSPS) is 17.5. The highest BCUT2D eigenvalue weighted by atomic mass is 35.5. The number of nitrogens with one attached hydrogen (secondary N) is 1. The average Bonchev–Trinajstić information content (AvgIpc) is 2.57. The maximum Gasteiger partial charge on any atom is 0.227 e. The Bertz CT molecular complexity index is 806. The summed E-state index contributed by atoms with van der Waals surface area (Å²) in [7, 11) is 0. The van der Waals surface area contributed by atoms with Crippen molar-refractivity contribution in [3.63, 3.8) is 0 Å². The van der Waals surface area contributed by atoms with E-state index in [-0.39, 0.29) is 17.9 Å². The molecule has 1 fully saturated rings. The number of halogens is 2. The number of hydrogen-bond acceptors (Lipinski definition) is 2. The number of anilines is 2. The third-order valence-corrected chi connectivity index (χ3v) is 4.98. The van der Waals surface area contributed by atoms with Crippen LogP contribution in [0.2, 0.25) is 10.0 Å². The van der Waals surface area contributed by atoms with Gasteiger partial charge in [0.05, 0.1) is 16.1 Å². The van der Waals surface area contributed by atoms with Gasteiger partial charge in [-0.25, -0.2) is 0 Å². The van der Waals surface area contributed by atoms with Gasteiger partial charge in [-0.1, -0.05) is 29.3 Å². The zero-order chi connectivity index (χ0) is 18.0. The lowest BCUT2D eigenvalue weighted by Crippen LogP contribution is -2.38. The number of benzene rings is 2. The standard InChI is InChI=1S/C19H18Cl2N2O2/c1-12(24)22-14-6-8-15(9-7-14)23-18(3-2-4-19(23)25)13-5-10-16(20)17(21)11-13/h5-11,18H,2-4H2,1H3,(H,22,24). The van der Waals surface area contributed by atoms with Crippen LogP contribution in [0.1, 0.15) is 37.8 Å². The number of nitrogens with zero attached hydrogens (tertiary/aromatic N) is 1. The van der Waals surface area contributed by atoms with Gasteiger partial charge in [0.25, 0.3) is 0 Å². The van der Waals surface area contributed by atoms with E-state index in [4.69, 9.17) is 23.2 Å². The second kappa shape index (κ2) is 7.46. The molecule has 2 aromatic rings. The molecule has 0 radical (unpaired) electrons. The largest absolute Gasteiger partial charge is 0.326 e. The Balaban J connectivity index is 1.93. The summed E-state index contributed by atoms with van der Waals surface area (Å²) in [5, 5.41) is 3.71. The molecule has 0 aromatic heterocycles. The van der Waals surface area contributed by atoms with Gasteiger partial charge in [0, 0.05) is 24.7 Å². The van der Waals surface area contributed by atoms with Crippen LogP contribution in [0.5, 0.6) is 0 Å². The maximum absolute atomic E-state index is 12.6. The van der Waals surface area contributed by atoms with Crippen molar-refractivity contribution in [2.75, 3.05) is 10.2 Å². The minimum atomic E-state index is -0.129. The molecular weight excluding hydrogens is 359 g/mol. The van der Waals surface area contributed by atoms with Crippen molar-refractivity contribution < 1.29 is 9.59 Å². The van der Waals surface area contributed by atoms with E-state index in [0.717, 1.165) is 24.1 Å². The van der Waals surface area contributed by atoms with Crippen LogP contribution in [0.4, 0.5) is 11.4 Å². The molecule has 1 saturated heterocycles. The predicted octanol–water partition coefficient (Wildman–Crippen LogP) is 5.21. The Kier molecular flexibility index (Phi) is 5.30. The molecule has 130 valence electrons. The van der Waals surface area contributed by atoms with E-state index < -0.39 is 0 Å². The minimum Gasteiger partial charge on any atom is -0.326 e. The van der Waals surface area contributed by atoms with Gasteiger partial charge >= 0.3 is 0 Å². The summed E-state index contributed by atoms with van der Waals surface area (Å²) in [6.07, 6.45) is 2.21. The van der Waals surface area contributed by atoms with E-state index in [0.29, 0.717) is 22.2 Å². The lowest BCUT2D eigenvalue weighted by Gasteiger charge is -2.36. The Morgan fingerprint density at radius 3 is 2.48 bits per heavy atom. The van der Waals surface area contributed by atoms with Crippen LogP contribution in [0.25, 0.3) is 0 Å². The second-order valence-corrected chi connectivity index (χ2v) is 6.89. The van der Waals surface area contributed by atoms with Crippen molar-refractivity contribution in [2.45, 2.75) is 32.2 Å². The molecule has 6 heteroatoms. The molecule has 1 unspecified atom stereocenters. The topological polar surface area (TPSA) is 49.4 Å². The van der Waals surface area contributed by atoms with Gasteiger partial charge in [0.15, 0.2) is 0 Å². The molecule has 0 aliphatic carbocycles. The number of piperidine rings is 1. The minimum absolute atomic E-state index is 0.0783. The molecular formula is C19H18Cl2N2O2. The molecule has 1 aliphatic heterocycles. The fourth-order valence-electron chi connectivity index (χ4n) is 3.14.